The van der Waals surface area contributed by atoms with E-state index >= 15 is 0 Å². The highest BCUT2D eigenvalue weighted by Gasteiger charge is 2.43. The fourth-order valence-corrected chi connectivity index (χ4v) is 9.76. The predicted octanol–water partition coefficient (Wildman–Crippen LogP) is 9.02. The van der Waals surface area contributed by atoms with Gasteiger partial charge in [-0.15, -0.1) is 0 Å². The molecule has 7 aromatic carbocycles. The van der Waals surface area contributed by atoms with Crippen molar-refractivity contribution >= 4 is 82.9 Å². The van der Waals surface area contributed by atoms with Gasteiger partial charge in [-0.1, -0.05) is 91.0 Å². The highest BCUT2D eigenvalue weighted by Crippen LogP contribution is 2.49. The van der Waals surface area contributed by atoms with Gasteiger partial charge in [0.1, 0.15) is 0 Å². The number of hydrogen-bond donors (Lipinski definition) is 0. The van der Waals surface area contributed by atoms with Crippen molar-refractivity contribution in [2.45, 2.75) is 25.7 Å². The Bertz CT molecular complexity index is 2830. The Kier molecular flexibility index (Phi) is 4.05. The lowest BCUT2D eigenvalue weighted by molar-refractivity contribution is 0.687. The van der Waals surface area contributed by atoms with Gasteiger partial charge in [0, 0.05) is 43.8 Å². The number of aromatic nitrogens is 2. The van der Waals surface area contributed by atoms with Crippen molar-refractivity contribution in [1.82, 2.24) is 9.05 Å². The second kappa shape index (κ2) is 7.86. The van der Waals surface area contributed by atoms with Gasteiger partial charge in [0.25, 0.3) is 0 Å². The number of hydrogen-bond acceptors (Lipinski definition) is 0. The molecular formula is C42H27BN2. The lowest BCUT2D eigenvalue weighted by Gasteiger charge is -2.37. The molecule has 0 N–H and O–H groups in total. The quantitative estimate of drug-likeness (QED) is 0.161. The summed E-state index contributed by atoms with van der Waals surface area (Å²) >= 11 is 0. The largest absolute Gasteiger partial charge is 0.375 e. The van der Waals surface area contributed by atoms with Crippen LogP contribution in [0.15, 0.2) is 115 Å². The highest BCUT2D eigenvalue weighted by molar-refractivity contribution is 6.90. The maximum absolute atomic E-state index is 2.75. The van der Waals surface area contributed by atoms with Gasteiger partial charge in [0.2, 0.25) is 0 Å². The summed E-state index contributed by atoms with van der Waals surface area (Å²) in [5, 5.41) is 10.8. The minimum Gasteiger partial charge on any atom is -0.375 e. The molecule has 0 fully saturated rings. The van der Waals surface area contributed by atoms with E-state index in [0.717, 1.165) is 12.8 Å². The molecule has 1 aliphatic carbocycles. The fourth-order valence-electron chi connectivity index (χ4n) is 9.76. The molecule has 0 saturated carbocycles. The topological polar surface area (TPSA) is 9.86 Å². The molecule has 9 aromatic rings. The number of benzene rings is 7. The summed E-state index contributed by atoms with van der Waals surface area (Å²) < 4.78 is 5.37. The van der Waals surface area contributed by atoms with Crippen LogP contribution in [0.5, 0.6) is 0 Å². The Morgan fingerprint density at radius 2 is 1.31 bits per heavy atom. The minimum absolute atomic E-state index is 0.109. The molecule has 0 radical (unpaired) electrons. The van der Waals surface area contributed by atoms with Crippen molar-refractivity contribution < 1.29 is 0 Å². The monoisotopic (exact) mass is 570 g/mol. The van der Waals surface area contributed by atoms with Gasteiger partial charge in [0.05, 0.1) is 11.0 Å². The minimum atomic E-state index is 0.109. The molecule has 2 aliphatic heterocycles. The third-order valence-electron chi connectivity index (χ3n) is 11.4. The third-order valence-corrected chi connectivity index (χ3v) is 11.4. The number of fused-ring (bicyclic) bond motifs is 16. The first-order chi connectivity index (χ1) is 22.4. The van der Waals surface area contributed by atoms with Crippen molar-refractivity contribution in [1.29, 1.82) is 0 Å². The zero-order valence-electron chi connectivity index (χ0n) is 24.8. The molecule has 3 heteroatoms. The Hall–Kier alpha value is -5.28. The first-order valence-electron chi connectivity index (χ1n) is 16.5. The molecule has 2 nitrogen and oxygen atoms in total. The van der Waals surface area contributed by atoms with E-state index < -0.39 is 0 Å². The molecule has 0 saturated heterocycles. The molecule has 0 atom stereocenters. The van der Waals surface area contributed by atoms with E-state index in [4.69, 9.17) is 0 Å². The standard InChI is InChI=1S/C42H27BN2/c1-4-13-27-24(10-1)20-21-35-38(27)39-29-15-6-2-11-25(29)22-32-37-28-14-5-3-12-26(28)23-36-40(37)43(45(35)42(32)39)33-18-9-17-31-30-16-7-8-19-34(30)44(36)41(31)33/h1-2,4,6-11,13,15-23H,3,5,12,14H2. The molecule has 0 unspecified atom stereocenters. The third kappa shape index (κ3) is 2.60. The van der Waals surface area contributed by atoms with Crippen LogP contribution in [0.1, 0.15) is 24.0 Å². The molecular weight excluding hydrogens is 543 g/mol. The van der Waals surface area contributed by atoms with Gasteiger partial charge in [-0.05, 0) is 99.1 Å². The summed E-state index contributed by atoms with van der Waals surface area (Å²) in [7, 11) is 0. The van der Waals surface area contributed by atoms with Gasteiger partial charge in [0.15, 0.2) is 0 Å². The van der Waals surface area contributed by atoms with Crippen LogP contribution < -0.4 is 10.9 Å². The van der Waals surface area contributed by atoms with Crippen molar-refractivity contribution in [3.8, 4) is 16.8 Å². The number of aryl methyl sites for hydroxylation is 1. The van der Waals surface area contributed by atoms with E-state index in [2.05, 4.69) is 124 Å². The first kappa shape index (κ1) is 23.2. The van der Waals surface area contributed by atoms with Crippen molar-refractivity contribution in [3.63, 3.8) is 0 Å². The summed E-state index contributed by atoms with van der Waals surface area (Å²) in [5.41, 5.74) is 15.8. The normalized spacial score (nSPS) is 14.7. The van der Waals surface area contributed by atoms with Gasteiger partial charge >= 0.3 is 6.85 Å². The van der Waals surface area contributed by atoms with E-state index in [0.29, 0.717) is 0 Å². The lowest BCUT2D eigenvalue weighted by atomic mass is 9.45. The predicted molar refractivity (Wildman–Crippen MR) is 191 cm³/mol. The summed E-state index contributed by atoms with van der Waals surface area (Å²) in [6, 6.07) is 44.0. The molecule has 2 aromatic heterocycles. The van der Waals surface area contributed by atoms with E-state index in [9.17, 15) is 0 Å². The Morgan fingerprint density at radius 3 is 2.22 bits per heavy atom. The average Bonchev–Trinajstić information content (AvgIpc) is 3.63. The number of para-hydroxylation sites is 2. The van der Waals surface area contributed by atoms with Crippen LogP contribution in [-0.2, 0) is 12.8 Å². The maximum atomic E-state index is 2.75. The Balaban J connectivity index is 1.41. The SMILES string of the molecule is c1ccc2c(c1)ccc1c2c2c3ccccc3cc3c2n1B1c2c(cc4c(c2-3)CCCC4)-n2c3ccccc3c3cccc1c32. The van der Waals surface area contributed by atoms with Crippen LogP contribution in [0.4, 0.5) is 0 Å². The zero-order chi connectivity index (χ0) is 29.0. The average molecular weight is 571 g/mol. The van der Waals surface area contributed by atoms with Gasteiger partial charge in [-0.2, -0.15) is 0 Å². The van der Waals surface area contributed by atoms with Crippen LogP contribution in [0.3, 0.4) is 0 Å². The van der Waals surface area contributed by atoms with Crippen molar-refractivity contribution in [2.75, 3.05) is 0 Å². The molecule has 45 heavy (non-hydrogen) atoms. The molecule has 4 heterocycles. The summed E-state index contributed by atoms with van der Waals surface area (Å²) in [4.78, 5) is 0. The second-order valence-electron chi connectivity index (χ2n) is 13.4. The Labute approximate surface area is 260 Å². The number of nitrogens with zero attached hydrogens (tertiary/aromatic N) is 2. The van der Waals surface area contributed by atoms with Crippen LogP contribution >= 0.6 is 0 Å². The van der Waals surface area contributed by atoms with E-state index in [1.807, 2.05) is 0 Å². The molecule has 3 aliphatic rings. The van der Waals surface area contributed by atoms with Crippen LogP contribution in [-0.4, -0.2) is 15.9 Å². The maximum Gasteiger partial charge on any atom is 0.333 e. The molecule has 208 valence electrons. The summed E-state index contributed by atoms with van der Waals surface area (Å²) in [6.45, 7) is 0.109. The second-order valence-corrected chi connectivity index (χ2v) is 13.4. The molecule has 0 amide bonds. The van der Waals surface area contributed by atoms with E-state index in [-0.39, 0.29) is 6.85 Å². The summed E-state index contributed by atoms with van der Waals surface area (Å²) in [5.74, 6) is 0. The van der Waals surface area contributed by atoms with Crippen molar-refractivity contribution in [3.05, 3.63) is 126 Å². The molecule has 0 spiro atoms. The van der Waals surface area contributed by atoms with E-state index in [1.54, 1.807) is 11.1 Å². The van der Waals surface area contributed by atoms with Gasteiger partial charge in [-0.25, -0.2) is 0 Å². The number of rotatable bonds is 0. The van der Waals surface area contributed by atoms with Crippen LogP contribution in [0.25, 0.3) is 82.0 Å². The zero-order valence-corrected chi connectivity index (χ0v) is 24.8. The van der Waals surface area contributed by atoms with Crippen molar-refractivity contribution in [2.24, 2.45) is 0 Å². The van der Waals surface area contributed by atoms with Crippen LogP contribution in [0, 0.1) is 0 Å². The lowest BCUT2D eigenvalue weighted by Crippen LogP contribution is -2.55. The van der Waals surface area contributed by atoms with Crippen LogP contribution in [0.2, 0.25) is 0 Å². The summed E-state index contributed by atoms with van der Waals surface area (Å²) in [6.07, 6.45) is 4.85. The Morgan fingerprint density at radius 1 is 0.556 bits per heavy atom. The highest BCUT2D eigenvalue weighted by atomic mass is 15.0. The van der Waals surface area contributed by atoms with Gasteiger partial charge in [-0.3, -0.25) is 0 Å². The smallest absolute Gasteiger partial charge is 0.333 e. The van der Waals surface area contributed by atoms with E-state index in [1.165, 1.54) is 106 Å². The molecule has 12 rings (SSSR count). The molecule has 0 bridgehead atoms. The first-order valence-corrected chi connectivity index (χ1v) is 16.5. The fraction of sp³-hybridized carbons (Fsp3) is 0.0952. The van der Waals surface area contributed by atoms with Gasteiger partial charge < -0.3 is 9.05 Å².